The molecule has 5 rings (SSSR count). The fraction of sp³-hybridized carbons (Fsp3) is 0.870. The fourth-order valence-corrected chi connectivity index (χ4v) is 8.21. The number of ether oxygens (including phenoxy) is 2. The summed E-state index contributed by atoms with van der Waals surface area (Å²) >= 11 is 0. The minimum Gasteiger partial charge on any atom is -0.462 e. The molecule has 26 heavy (non-hydrogen) atoms. The van der Waals surface area contributed by atoms with Crippen LogP contribution in [0.25, 0.3) is 0 Å². The molecule has 0 aromatic carbocycles. The van der Waals surface area contributed by atoms with E-state index in [0.29, 0.717) is 16.9 Å². The van der Waals surface area contributed by atoms with Gasteiger partial charge in [-0.3, -0.25) is 4.79 Å². The Hall–Kier alpha value is -0.830. The van der Waals surface area contributed by atoms with Crippen LogP contribution in [-0.4, -0.2) is 24.8 Å². The van der Waals surface area contributed by atoms with Crippen molar-refractivity contribution in [3.8, 4) is 0 Å². The SMILES string of the molecule is CC(=O)O[C@H]1CC[C@@]2(C)C(=CC[C@H]3[C@@H]4CC[C@@H]5[C@@H](C)OC[C@@]54CC[C@@H]32)C1. The number of fused-ring (bicyclic) bond motifs is 4. The van der Waals surface area contributed by atoms with Gasteiger partial charge in [0, 0.05) is 18.8 Å². The predicted octanol–water partition coefficient (Wildman–Crippen LogP) is 4.90. The summed E-state index contributed by atoms with van der Waals surface area (Å²) in [6, 6.07) is 0. The summed E-state index contributed by atoms with van der Waals surface area (Å²) in [5.74, 6) is 3.23. The summed E-state index contributed by atoms with van der Waals surface area (Å²) in [4.78, 5) is 11.4. The third-order valence-corrected chi connectivity index (χ3v) is 9.36. The Bertz CT molecular complexity index is 639. The molecule has 1 heterocycles. The molecule has 5 aliphatic rings. The zero-order valence-corrected chi connectivity index (χ0v) is 16.6. The first-order chi connectivity index (χ1) is 12.4. The molecule has 3 nitrogen and oxygen atoms in total. The molecule has 0 amide bonds. The first-order valence-corrected chi connectivity index (χ1v) is 10.9. The normalized spacial score (nSPS) is 52.3. The number of hydrogen-bond acceptors (Lipinski definition) is 3. The maximum atomic E-state index is 11.4. The van der Waals surface area contributed by atoms with Gasteiger partial charge in [-0.1, -0.05) is 18.6 Å². The summed E-state index contributed by atoms with van der Waals surface area (Å²) < 4.78 is 11.7. The maximum Gasteiger partial charge on any atom is 0.302 e. The van der Waals surface area contributed by atoms with Crippen LogP contribution in [0.3, 0.4) is 0 Å². The van der Waals surface area contributed by atoms with Gasteiger partial charge in [-0.25, -0.2) is 0 Å². The fourth-order valence-electron chi connectivity index (χ4n) is 8.21. The summed E-state index contributed by atoms with van der Waals surface area (Å²) in [6.07, 6.45) is 13.1. The first-order valence-electron chi connectivity index (χ1n) is 10.9. The summed E-state index contributed by atoms with van der Waals surface area (Å²) in [6.45, 7) is 7.40. The van der Waals surface area contributed by atoms with Gasteiger partial charge < -0.3 is 9.47 Å². The Kier molecular flexibility index (Phi) is 3.88. The molecule has 4 aliphatic carbocycles. The molecule has 144 valence electrons. The van der Waals surface area contributed by atoms with E-state index < -0.39 is 0 Å². The van der Waals surface area contributed by atoms with Crippen LogP contribution in [0.1, 0.15) is 72.1 Å². The van der Waals surface area contributed by atoms with E-state index in [9.17, 15) is 4.79 Å². The van der Waals surface area contributed by atoms with E-state index in [1.54, 1.807) is 12.5 Å². The number of allylic oxidation sites excluding steroid dienone is 1. The molecule has 1 saturated heterocycles. The molecule has 8 atom stereocenters. The average Bonchev–Trinajstić information content (AvgIpc) is 3.12. The molecule has 0 bridgehead atoms. The molecule has 0 N–H and O–H groups in total. The lowest BCUT2D eigenvalue weighted by Crippen LogP contribution is -2.51. The van der Waals surface area contributed by atoms with Crippen LogP contribution in [0.4, 0.5) is 0 Å². The molecule has 0 radical (unpaired) electrons. The van der Waals surface area contributed by atoms with Crippen LogP contribution in [0.15, 0.2) is 11.6 Å². The van der Waals surface area contributed by atoms with E-state index in [1.807, 2.05) is 0 Å². The summed E-state index contributed by atoms with van der Waals surface area (Å²) in [5, 5.41) is 0. The second kappa shape index (κ2) is 5.83. The van der Waals surface area contributed by atoms with Gasteiger partial charge in [-0.15, -0.1) is 0 Å². The standard InChI is InChI=1S/C23H34O3/c1-14-19-6-7-21-18-5-4-16-12-17(26-15(2)24)8-10-22(16,3)20(18)9-11-23(19,21)13-25-14/h4,14,17-21H,5-13H2,1-3H3/t14-,17+,18-,19-,20+,21+,22+,23+/m1/s1. The van der Waals surface area contributed by atoms with Gasteiger partial charge in [0.15, 0.2) is 0 Å². The quantitative estimate of drug-likeness (QED) is 0.494. The first kappa shape index (κ1) is 17.3. The Morgan fingerprint density at radius 2 is 1.96 bits per heavy atom. The third-order valence-electron chi connectivity index (χ3n) is 9.36. The van der Waals surface area contributed by atoms with E-state index in [-0.39, 0.29) is 12.1 Å². The Labute approximate surface area is 157 Å². The highest BCUT2D eigenvalue weighted by Crippen LogP contribution is 2.68. The Morgan fingerprint density at radius 3 is 2.77 bits per heavy atom. The largest absolute Gasteiger partial charge is 0.462 e. The third kappa shape index (κ3) is 2.25. The van der Waals surface area contributed by atoms with Crippen molar-refractivity contribution in [3.05, 3.63) is 11.6 Å². The number of rotatable bonds is 1. The van der Waals surface area contributed by atoms with Crippen molar-refractivity contribution >= 4 is 5.97 Å². The van der Waals surface area contributed by atoms with Crippen molar-refractivity contribution in [1.82, 2.24) is 0 Å². The zero-order valence-electron chi connectivity index (χ0n) is 16.6. The average molecular weight is 359 g/mol. The molecule has 1 aliphatic heterocycles. The summed E-state index contributed by atoms with van der Waals surface area (Å²) in [5.41, 5.74) is 2.43. The number of carbonyl (C=O) groups is 1. The van der Waals surface area contributed by atoms with Crippen molar-refractivity contribution in [2.45, 2.75) is 84.3 Å². The van der Waals surface area contributed by atoms with E-state index in [2.05, 4.69) is 19.9 Å². The number of hydrogen-bond donors (Lipinski definition) is 0. The highest BCUT2D eigenvalue weighted by Gasteiger charge is 2.63. The lowest BCUT2D eigenvalue weighted by Gasteiger charge is -2.57. The predicted molar refractivity (Wildman–Crippen MR) is 100 cm³/mol. The smallest absolute Gasteiger partial charge is 0.302 e. The summed E-state index contributed by atoms with van der Waals surface area (Å²) in [7, 11) is 0. The molecule has 0 aromatic rings. The van der Waals surface area contributed by atoms with Gasteiger partial charge in [0.2, 0.25) is 0 Å². The van der Waals surface area contributed by atoms with Crippen LogP contribution in [-0.2, 0) is 14.3 Å². The minimum absolute atomic E-state index is 0.109. The molecule has 0 aromatic heterocycles. The van der Waals surface area contributed by atoms with Gasteiger partial charge in [0.25, 0.3) is 0 Å². The minimum atomic E-state index is -0.125. The van der Waals surface area contributed by atoms with Gasteiger partial charge >= 0.3 is 5.97 Å². The van der Waals surface area contributed by atoms with Gasteiger partial charge in [0.05, 0.1) is 12.7 Å². The van der Waals surface area contributed by atoms with Crippen molar-refractivity contribution in [2.24, 2.45) is 34.5 Å². The van der Waals surface area contributed by atoms with Crippen molar-refractivity contribution < 1.29 is 14.3 Å². The molecule has 0 unspecified atom stereocenters. The van der Waals surface area contributed by atoms with Gasteiger partial charge in [-0.05, 0) is 81.0 Å². The van der Waals surface area contributed by atoms with E-state index in [1.165, 1.54) is 38.5 Å². The highest BCUT2D eigenvalue weighted by atomic mass is 16.5. The van der Waals surface area contributed by atoms with Crippen LogP contribution >= 0.6 is 0 Å². The Balaban J connectivity index is 1.41. The van der Waals surface area contributed by atoms with Crippen molar-refractivity contribution in [2.75, 3.05) is 6.61 Å². The molecule has 3 heteroatoms. The van der Waals surface area contributed by atoms with Crippen LogP contribution in [0, 0.1) is 34.5 Å². The lowest BCUT2D eigenvalue weighted by molar-refractivity contribution is -0.148. The zero-order chi connectivity index (χ0) is 18.1. The lowest BCUT2D eigenvalue weighted by atomic mass is 9.47. The van der Waals surface area contributed by atoms with E-state index in [4.69, 9.17) is 9.47 Å². The number of esters is 1. The van der Waals surface area contributed by atoms with Gasteiger partial charge in [-0.2, -0.15) is 0 Å². The van der Waals surface area contributed by atoms with Gasteiger partial charge in [0.1, 0.15) is 6.10 Å². The molecule has 3 saturated carbocycles. The van der Waals surface area contributed by atoms with Crippen molar-refractivity contribution in [1.29, 1.82) is 0 Å². The van der Waals surface area contributed by atoms with Crippen LogP contribution in [0.2, 0.25) is 0 Å². The van der Waals surface area contributed by atoms with E-state index >= 15 is 0 Å². The maximum absolute atomic E-state index is 11.4. The van der Waals surface area contributed by atoms with Crippen LogP contribution < -0.4 is 0 Å². The molecule has 1 spiro atoms. The van der Waals surface area contributed by atoms with Crippen LogP contribution in [0.5, 0.6) is 0 Å². The second-order valence-electron chi connectivity index (χ2n) is 10.2. The van der Waals surface area contributed by atoms with Crippen molar-refractivity contribution in [3.63, 3.8) is 0 Å². The molecular formula is C23H34O3. The van der Waals surface area contributed by atoms with E-state index in [0.717, 1.165) is 43.1 Å². The Morgan fingerprint density at radius 1 is 1.15 bits per heavy atom. The molecular weight excluding hydrogens is 324 g/mol. The molecule has 4 fully saturated rings. The highest BCUT2D eigenvalue weighted by molar-refractivity contribution is 5.66. The topological polar surface area (TPSA) is 35.5 Å². The second-order valence-corrected chi connectivity index (χ2v) is 10.2. The number of carbonyl (C=O) groups excluding carboxylic acids is 1. The monoisotopic (exact) mass is 358 g/mol.